The highest BCUT2D eigenvalue weighted by Crippen LogP contribution is 2.28. The van der Waals surface area contributed by atoms with E-state index >= 15 is 0 Å². The maximum absolute atomic E-state index is 6.10. The van der Waals surface area contributed by atoms with Gasteiger partial charge < -0.3 is 24.8 Å². The van der Waals surface area contributed by atoms with Crippen molar-refractivity contribution in [3.05, 3.63) is 53.6 Å². The Morgan fingerprint density at radius 3 is 2.39 bits per heavy atom. The second-order valence-corrected chi connectivity index (χ2v) is 6.75. The summed E-state index contributed by atoms with van der Waals surface area (Å²) < 4.78 is 16.7. The molecule has 3 rings (SSSR count). The molecular weight excluding hydrogens is 354 g/mol. The fraction of sp³-hybridized carbons (Fsp3) is 0.409. The second kappa shape index (κ2) is 9.88. The Kier molecular flexibility index (Phi) is 7.00. The van der Waals surface area contributed by atoms with Gasteiger partial charge in [0.05, 0.1) is 20.3 Å². The summed E-state index contributed by atoms with van der Waals surface area (Å²) in [6.45, 7) is 1.27. The number of para-hydroxylation sites is 1. The third-order valence-corrected chi connectivity index (χ3v) is 4.90. The molecule has 1 fully saturated rings. The van der Waals surface area contributed by atoms with Crippen molar-refractivity contribution in [2.45, 2.75) is 38.5 Å². The number of nitrogens with one attached hydrogen (secondary N) is 2. The Hall–Kier alpha value is -2.89. The number of hydrogen-bond donors (Lipinski definition) is 2. The molecule has 2 N–H and O–H groups in total. The summed E-state index contributed by atoms with van der Waals surface area (Å²) in [5.41, 5.74) is 2.21. The van der Waals surface area contributed by atoms with E-state index in [9.17, 15) is 0 Å². The number of methoxy groups -OCH3 is 2. The van der Waals surface area contributed by atoms with E-state index in [0.29, 0.717) is 24.9 Å². The van der Waals surface area contributed by atoms with E-state index in [1.54, 1.807) is 21.3 Å². The number of rotatable bonds is 8. The highest BCUT2D eigenvalue weighted by atomic mass is 16.5. The van der Waals surface area contributed by atoms with E-state index in [1.165, 1.54) is 6.42 Å². The molecule has 6 heteroatoms. The topological polar surface area (TPSA) is 64.1 Å². The predicted molar refractivity (Wildman–Crippen MR) is 111 cm³/mol. The molecule has 1 saturated carbocycles. The maximum atomic E-state index is 6.10. The summed E-state index contributed by atoms with van der Waals surface area (Å²) in [6, 6.07) is 14.0. The fourth-order valence-electron chi connectivity index (χ4n) is 3.01. The molecule has 28 heavy (non-hydrogen) atoms. The van der Waals surface area contributed by atoms with Crippen LogP contribution in [0.5, 0.6) is 17.2 Å². The van der Waals surface area contributed by atoms with Crippen molar-refractivity contribution in [1.82, 2.24) is 10.6 Å². The Balaban J connectivity index is 1.55. The van der Waals surface area contributed by atoms with Gasteiger partial charge in [-0.25, -0.2) is 0 Å². The molecule has 0 aliphatic heterocycles. The highest BCUT2D eigenvalue weighted by molar-refractivity contribution is 5.79. The molecular formula is C22H29N3O3. The van der Waals surface area contributed by atoms with Crippen molar-refractivity contribution in [3.63, 3.8) is 0 Å². The number of benzene rings is 2. The van der Waals surface area contributed by atoms with Crippen LogP contribution in [-0.2, 0) is 13.1 Å². The van der Waals surface area contributed by atoms with Gasteiger partial charge in [0, 0.05) is 25.7 Å². The largest absolute Gasteiger partial charge is 0.493 e. The van der Waals surface area contributed by atoms with E-state index in [-0.39, 0.29) is 0 Å². The molecule has 0 unspecified atom stereocenters. The summed E-state index contributed by atoms with van der Waals surface area (Å²) in [4.78, 5) is 4.31. The first-order valence-electron chi connectivity index (χ1n) is 9.63. The monoisotopic (exact) mass is 383 g/mol. The Labute approximate surface area is 166 Å². The Morgan fingerprint density at radius 2 is 1.71 bits per heavy atom. The van der Waals surface area contributed by atoms with Crippen LogP contribution < -0.4 is 24.8 Å². The minimum absolute atomic E-state index is 0.364. The zero-order chi connectivity index (χ0) is 19.8. The minimum Gasteiger partial charge on any atom is -0.493 e. The van der Waals surface area contributed by atoms with Gasteiger partial charge in [-0.1, -0.05) is 24.3 Å². The van der Waals surface area contributed by atoms with Gasteiger partial charge in [0.2, 0.25) is 0 Å². The standard InChI is InChI=1S/C22H29N3O3/c1-23-22(24-14-16-11-12-20(26-2)21(13-16)27-3)25-15-17-7-4-5-10-19(17)28-18-8-6-9-18/h4-5,7,10-13,18H,6,8-9,14-15H2,1-3H3,(H2,23,24,25). The molecule has 2 aromatic carbocycles. The van der Waals surface area contributed by atoms with Gasteiger partial charge >= 0.3 is 0 Å². The van der Waals surface area contributed by atoms with E-state index in [4.69, 9.17) is 14.2 Å². The molecule has 0 amide bonds. The lowest BCUT2D eigenvalue weighted by Crippen LogP contribution is -2.36. The first-order chi connectivity index (χ1) is 13.7. The minimum atomic E-state index is 0.364. The molecule has 0 atom stereocenters. The van der Waals surface area contributed by atoms with Crippen LogP contribution in [0, 0.1) is 0 Å². The number of guanidine groups is 1. The third kappa shape index (κ3) is 5.09. The Bertz CT molecular complexity index is 803. The van der Waals surface area contributed by atoms with Crippen molar-refractivity contribution in [2.75, 3.05) is 21.3 Å². The van der Waals surface area contributed by atoms with E-state index in [2.05, 4.69) is 21.7 Å². The normalized spacial score (nSPS) is 14.2. The lowest BCUT2D eigenvalue weighted by atomic mass is 9.96. The third-order valence-electron chi connectivity index (χ3n) is 4.90. The predicted octanol–water partition coefficient (Wildman–Crippen LogP) is 3.50. The van der Waals surface area contributed by atoms with Gasteiger partial charge in [0.15, 0.2) is 17.5 Å². The summed E-state index contributed by atoms with van der Waals surface area (Å²) in [7, 11) is 5.04. The summed E-state index contributed by atoms with van der Waals surface area (Å²) >= 11 is 0. The van der Waals surface area contributed by atoms with Crippen molar-refractivity contribution < 1.29 is 14.2 Å². The number of nitrogens with zero attached hydrogens (tertiary/aromatic N) is 1. The maximum Gasteiger partial charge on any atom is 0.191 e. The zero-order valence-corrected chi connectivity index (χ0v) is 16.8. The molecule has 1 aliphatic carbocycles. The number of aliphatic imine (C=N–C) groups is 1. The lowest BCUT2D eigenvalue weighted by molar-refractivity contribution is 0.119. The second-order valence-electron chi connectivity index (χ2n) is 6.75. The van der Waals surface area contributed by atoms with Crippen molar-refractivity contribution in [1.29, 1.82) is 0 Å². The van der Waals surface area contributed by atoms with Crippen molar-refractivity contribution in [3.8, 4) is 17.2 Å². The molecule has 6 nitrogen and oxygen atoms in total. The molecule has 2 aromatic rings. The zero-order valence-electron chi connectivity index (χ0n) is 16.8. The fourth-order valence-corrected chi connectivity index (χ4v) is 3.01. The van der Waals surface area contributed by atoms with Crippen molar-refractivity contribution in [2.24, 2.45) is 4.99 Å². The van der Waals surface area contributed by atoms with Gasteiger partial charge in [-0.05, 0) is 43.0 Å². The molecule has 1 aliphatic rings. The van der Waals surface area contributed by atoms with Crippen LogP contribution in [-0.4, -0.2) is 33.3 Å². The number of hydrogen-bond acceptors (Lipinski definition) is 4. The van der Waals surface area contributed by atoms with Crippen LogP contribution in [0.2, 0.25) is 0 Å². The van der Waals surface area contributed by atoms with Crippen LogP contribution in [0.3, 0.4) is 0 Å². The molecule has 0 bridgehead atoms. The molecule has 0 aromatic heterocycles. The van der Waals surface area contributed by atoms with Gasteiger partial charge in [-0.2, -0.15) is 0 Å². The quantitative estimate of drug-likeness (QED) is 0.540. The molecule has 0 spiro atoms. The summed E-state index contributed by atoms with van der Waals surface area (Å²) in [6.07, 6.45) is 3.92. The van der Waals surface area contributed by atoms with E-state index in [1.807, 2.05) is 36.4 Å². The van der Waals surface area contributed by atoms with Gasteiger partial charge in [-0.3, -0.25) is 4.99 Å². The van der Waals surface area contributed by atoms with E-state index in [0.717, 1.165) is 41.4 Å². The van der Waals surface area contributed by atoms with E-state index < -0.39 is 0 Å². The van der Waals surface area contributed by atoms with Gasteiger partial charge in [0.25, 0.3) is 0 Å². The average Bonchev–Trinajstić information content (AvgIpc) is 2.71. The van der Waals surface area contributed by atoms with Gasteiger partial charge in [-0.15, -0.1) is 0 Å². The molecule has 0 saturated heterocycles. The van der Waals surface area contributed by atoms with Crippen LogP contribution in [0.25, 0.3) is 0 Å². The molecule has 150 valence electrons. The Morgan fingerprint density at radius 1 is 0.964 bits per heavy atom. The SMILES string of the molecule is CN=C(NCc1ccc(OC)c(OC)c1)NCc1ccccc1OC1CCC1. The van der Waals surface area contributed by atoms with Crippen LogP contribution in [0.4, 0.5) is 0 Å². The lowest BCUT2D eigenvalue weighted by Gasteiger charge is -2.27. The molecule has 0 heterocycles. The smallest absolute Gasteiger partial charge is 0.191 e. The summed E-state index contributed by atoms with van der Waals surface area (Å²) in [5.74, 6) is 3.12. The van der Waals surface area contributed by atoms with Crippen molar-refractivity contribution >= 4 is 5.96 Å². The average molecular weight is 383 g/mol. The van der Waals surface area contributed by atoms with Crippen LogP contribution >= 0.6 is 0 Å². The van der Waals surface area contributed by atoms with Crippen LogP contribution in [0.1, 0.15) is 30.4 Å². The number of ether oxygens (including phenoxy) is 3. The van der Waals surface area contributed by atoms with Crippen LogP contribution in [0.15, 0.2) is 47.5 Å². The van der Waals surface area contributed by atoms with Gasteiger partial charge in [0.1, 0.15) is 5.75 Å². The first-order valence-corrected chi connectivity index (χ1v) is 9.63. The summed E-state index contributed by atoms with van der Waals surface area (Å²) in [5, 5.41) is 6.69. The molecule has 0 radical (unpaired) electrons. The highest BCUT2D eigenvalue weighted by Gasteiger charge is 2.20. The first kappa shape index (κ1) is 19.9.